The van der Waals surface area contributed by atoms with Crippen molar-refractivity contribution in [2.24, 2.45) is 0 Å². The van der Waals surface area contributed by atoms with E-state index in [1.807, 2.05) is 24.5 Å². The Hall–Kier alpha value is -3.99. The van der Waals surface area contributed by atoms with E-state index in [0.29, 0.717) is 18.6 Å². The van der Waals surface area contributed by atoms with Gasteiger partial charge in [0.05, 0.1) is 11.4 Å². The van der Waals surface area contributed by atoms with Gasteiger partial charge in [-0.05, 0) is 58.7 Å². The van der Waals surface area contributed by atoms with E-state index in [4.69, 9.17) is 9.97 Å². The molecule has 37 heavy (non-hydrogen) atoms. The molecule has 1 fully saturated rings. The largest absolute Gasteiger partial charge is 0.378 e. The van der Waals surface area contributed by atoms with Crippen LogP contribution in [0.15, 0.2) is 85.2 Å². The molecule has 0 radical (unpaired) electrons. The number of carbonyl (C=O) groups excluding carboxylic acids is 1. The van der Waals surface area contributed by atoms with Crippen LogP contribution in [0.5, 0.6) is 0 Å². The third kappa shape index (κ3) is 3.56. The molecule has 4 aromatic rings. The summed E-state index contributed by atoms with van der Waals surface area (Å²) >= 11 is 0. The second kappa shape index (κ2) is 8.84. The third-order valence-corrected chi connectivity index (χ3v) is 8.32. The van der Waals surface area contributed by atoms with Crippen molar-refractivity contribution in [2.75, 3.05) is 38.0 Å². The minimum atomic E-state index is -0.444. The van der Waals surface area contributed by atoms with Crippen molar-refractivity contribution in [2.45, 2.75) is 30.1 Å². The Morgan fingerprint density at radius 1 is 0.649 bits per heavy atom. The van der Waals surface area contributed by atoms with Crippen molar-refractivity contribution >= 4 is 17.2 Å². The van der Waals surface area contributed by atoms with Crippen LogP contribution in [0.25, 0.3) is 11.4 Å². The number of aromatic nitrogens is 2. The fraction of sp³-hybridized carbons (Fsp3) is 0.281. The molecule has 0 N–H and O–H groups in total. The summed E-state index contributed by atoms with van der Waals surface area (Å²) in [6, 6.07) is 25.9. The Kier molecular flexibility index (Phi) is 5.59. The number of benzene rings is 2. The lowest BCUT2D eigenvalue weighted by Gasteiger charge is -2.49. The Morgan fingerprint density at radius 3 is 1.43 bits per heavy atom. The quantitative estimate of drug-likeness (QED) is 0.363. The summed E-state index contributed by atoms with van der Waals surface area (Å²) in [5.41, 5.74) is 8.45. The van der Waals surface area contributed by atoms with E-state index in [-0.39, 0.29) is 11.8 Å². The number of ketones is 1. The molecular formula is C32H32N4O. The Balaban J connectivity index is 1.63. The molecule has 2 atom stereocenters. The standard InChI is InChI=1S/C32H32N4O/c1-35(2)23-13-9-21(10-14-23)28-19-25(37)20-29(22-11-15-24(16-12-22)36(3)4)32(28)26-7-5-17-33-30(26)31-27(32)8-6-18-34-31/h5-18,28-29H,19-20H2,1-4H3. The molecule has 1 spiro atoms. The van der Waals surface area contributed by atoms with Crippen molar-refractivity contribution in [1.29, 1.82) is 0 Å². The first kappa shape index (κ1) is 23.4. The van der Waals surface area contributed by atoms with Crippen LogP contribution in [0.4, 0.5) is 11.4 Å². The van der Waals surface area contributed by atoms with Crippen molar-refractivity contribution in [3.8, 4) is 11.4 Å². The highest BCUT2D eigenvalue weighted by Gasteiger charge is 2.58. The number of Topliss-reactive ketones (excluding diaryl/α,β-unsaturated/α-hetero) is 1. The zero-order chi connectivity index (χ0) is 25.7. The maximum Gasteiger partial charge on any atom is 0.134 e. The molecule has 2 aliphatic carbocycles. The fourth-order valence-electron chi connectivity index (χ4n) is 6.63. The highest BCUT2D eigenvalue weighted by molar-refractivity contribution is 5.87. The average Bonchev–Trinajstić information content (AvgIpc) is 3.21. The maximum absolute atomic E-state index is 13.5. The first-order chi connectivity index (χ1) is 17.9. The molecule has 5 heteroatoms. The highest BCUT2D eigenvalue weighted by Crippen LogP contribution is 2.64. The number of anilines is 2. The van der Waals surface area contributed by atoms with Crippen LogP contribution in [0.1, 0.15) is 46.9 Å². The summed E-state index contributed by atoms with van der Waals surface area (Å²) in [4.78, 5) is 27.4. The maximum atomic E-state index is 13.5. The number of hydrogen-bond donors (Lipinski definition) is 0. The first-order valence-corrected chi connectivity index (χ1v) is 12.9. The predicted molar refractivity (Wildman–Crippen MR) is 150 cm³/mol. The third-order valence-electron chi connectivity index (χ3n) is 8.32. The number of fused-ring (bicyclic) bond motifs is 5. The molecule has 6 rings (SSSR count). The van der Waals surface area contributed by atoms with Crippen LogP contribution >= 0.6 is 0 Å². The van der Waals surface area contributed by atoms with Gasteiger partial charge < -0.3 is 9.80 Å². The number of carbonyl (C=O) groups is 1. The smallest absolute Gasteiger partial charge is 0.134 e. The van der Waals surface area contributed by atoms with Crippen LogP contribution in [-0.2, 0) is 10.2 Å². The van der Waals surface area contributed by atoms with Gasteiger partial charge in [0.25, 0.3) is 0 Å². The van der Waals surface area contributed by atoms with E-state index in [1.165, 1.54) is 22.3 Å². The number of pyridine rings is 2. The summed E-state index contributed by atoms with van der Waals surface area (Å²) in [7, 11) is 8.20. The minimum absolute atomic E-state index is 0.0307. The molecule has 186 valence electrons. The number of rotatable bonds is 4. The highest BCUT2D eigenvalue weighted by atomic mass is 16.1. The molecular weight excluding hydrogens is 456 g/mol. The van der Waals surface area contributed by atoms with E-state index >= 15 is 0 Å². The van der Waals surface area contributed by atoms with Gasteiger partial charge >= 0.3 is 0 Å². The van der Waals surface area contributed by atoms with Gasteiger partial charge in [0, 0.05) is 82.1 Å². The molecule has 2 heterocycles. The SMILES string of the molecule is CN(C)c1ccc(C2CC(=O)CC(c3ccc(N(C)C)cc3)C23c2cccnc2-c2ncccc23)cc1. The number of nitrogens with zero attached hydrogens (tertiary/aromatic N) is 4. The zero-order valence-electron chi connectivity index (χ0n) is 21.8. The van der Waals surface area contributed by atoms with Gasteiger partial charge in [0.15, 0.2) is 0 Å². The van der Waals surface area contributed by atoms with E-state index in [2.05, 4.69) is 98.7 Å². The zero-order valence-corrected chi connectivity index (χ0v) is 21.8. The van der Waals surface area contributed by atoms with Gasteiger partial charge in [-0.15, -0.1) is 0 Å². The van der Waals surface area contributed by atoms with Crippen LogP contribution < -0.4 is 9.80 Å². The summed E-state index contributed by atoms with van der Waals surface area (Å²) < 4.78 is 0. The second-order valence-electron chi connectivity index (χ2n) is 10.7. The van der Waals surface area contributed by atoms with Crippen LogP contribution in [0, 0.1) is 0 Å². The van der Waals surface area contributed by atoms with Crippen LogP contribution in [0.2, 0.25) is 0 Å². The van der Waals surface area contributed by atoms with Gasteiger partial charge in [0.2, 0.25) is 0 Å². The van der Waals surface area contributed by atoms with Crippen molar-refractivity contribution < 1.29 is 4.79 Å². The normalized spacial score (nSPS) is 19.4. The van der Waals surface area contributed by atoms with E-state index in [1.54, 1.807) is 0 Å². The lowest BCUT2D eigenvalue weighted by molar-refractivity contribution is -0.122. The molecule has 2 aliphatic rings. The van der Waals surface area contributed by atoms with Crippen molar-refractivity contribution in [3.63, 3.8) is 0 Å². The Bertz CT molecular complexity index is 1350. The van der Waals surface area contributed by atoms with E-state index in [9.17, 15) is 4.79 Å². The van der Waals surface area contributed by atoms with Crippen molar-refractivity contribution in [3.05, 3.63) is 107 Å². The van der Waals surface area contributed by atoms with Crippen LogP contribution in [-0.4, -0.2) is 43.9 Å². The Labute approximate surface area is 218 Å². The predicted octanol–water partition coefficient (Wildman–Crippen LogP) is 5.81. The molecule has 0 amide bonds. The van der Waals surface area contributed by atoms with Gasteiger partial charge in [-0.3, -0.25) is 14.8 Å². The first-order valence-electron chi connectivity index (χ1n) is 12.9. The summed E-state index contributed by atoms with van der Waals surface area (Å²) in [5.74, 6) is 0.241. The second-order valence-corrected chi connectivity index (χ2v) is 10.7. The summed E-state index contributed by atoms with van der Waals surface area (Å²) in [5, 5.41) is 0. The van der Waals surface area contributed by atoms with E-state index in [0.717, 1.165) is 22.8 Å². The molecule has 5 nitrogen and oxygen atoms in total. The molecule has 2 aromatic heterocycles. The Morgan fingerprint density at radius 2 is 1.05 bits per heavy atom. The molecule has 0 bridgehead atoms. The molecule has 0 aliphatic heterocycles. The lowest BCUT2D eigenvalue weighted by Crippen LogP contribution is -2.45. The topological polar surface area (TPSA) is 49.3 Å². The van der Waals surface area contributed by atoms with Gasteiger partial charge in [-0.1, -0.05) is 36.4 Å². The van der Waals surface area contributed by atoms with Gasteiger partial charge in [-0.2, -0.15) is 0 Å². The lowest BCUT2D eigenvalue weighted by atomic mass is 9.52. The van der Waals surface area contributed by atoms with Crippen molar-refractivity contribution in [1.82, 2.24) is 9.97 Å². The monoisotopic (exact) mass is 488 g/mol. The summed E-state index contributed by atoms with van der Waals surface area (Å²) in [6.07, 6.45) is 4.70. The van der Waals surface area contributed by atoms with Crippen LogP contribution in [0.3, 0.4) is 0 Å². The molecule has 1 saturated carbocycles. The fourth-order valence-corrected chi connectivity index (χ4v) is 6.63. The molecule has 2 aromatic carbocycles. The summed E-state index contributed by atoms with van der Waals surface area (Å²) in [6.45, 7) is 0. The average molecular weight is 489 g/mol. The molecule has 0 saturated heterocycles. The minimum Gasteiger partial charge on any atom is -0.378 e. The van der Waals surface area contributed by atoms with Gasteiger partial charge in [0.1, 0.15) is 5.78 Å². The van der Waals surface area contributed by atoms with E-state index < -0.39 is 5.41 Å². The van der Waals surface area contributed by atoms with Gasteiger partial charge in [-0.25, -0.2) is 0 Å². The molecule has 2 unspecified atom stereocenters. The number of hydrogen-bond acceptors (Lipinski definition) is 5.